The highest BCUT2D eigenvalue weighted by Crippen LogP contribution is 2.57. The Kier molecular flexibility index (Phi) is 7.98. The van der Waals surface area contributed by atoms with Crippen LogP contribution in [0, 0.1) is 29.1 Å². The van der Waals surface area contributed by atoms with Crippen LogP contribution in [0.3, 0.4) is 0 Å². The number of rotatable bonds is 2. The molecule has 0 spiro atoms. The van der Waals surface area contributed by atoms with E-state index in [2.05, 4.69) is 27.7 Å². The minimum absolute atomic E-state index is 0.720. The molecule has 0 saturated heterocycles. The molecule has 3 aliphatic rings. The SMILES string of the molecule is CC=O.CCCC1CC1.C[C@H]1CCC[C@@]2(C)C1CC[C@@H]2C. The lowest BCUT2D eigenvalue weighted by Gasteiger charge is -2.43. The maximum atomic E-state index is 8.81. The summed E-state index contributed by atoms with van der Waals surface area (Å²) in [4.78, 5) is 8.81. The van der Waals surface area contributed by atoms with Crippen molar-refractivity contribution in [3.63, 3.8) is 0 Å². The maximum absolute atomic E-state index is 8.81. The summed E-state index contributed by atoms with van der Waals surface area (Å²) in [5.41, 5.74) is 0.720. The van der Waals surface area contributed by atoms with Gasteiger partial charge >= 0.3 is 0 Å². The molecular weight excluding hydrogens is 256 g/mol. The van der Waals surface area contributed by atoms with Gasteiger partial charge in [-0.25, -0.2) is 0 Å². The molecule has 21 heavy (non-hydrogen) atoms. The van der Waals surface area contributed by atoms with Crippen molar-refractivity contribution in [1.29, 1.82) is 0 Å². The first-order chi connectivity index (χ1) is 9.99. The van der Waals surface area contributed by atoms with E-state index in [1.54, 1.807) is 0 Å². The molecule has 0 N–H and O–H groups in total. The number of carbonyl (C=O) groups is 1. The molecule has 3 saturated carbocycles. The molecule has 0 aromatic rings. The molecule has 3 rings (SSSR count). The Labute approximate surface area is 133 Å². The van der Waals surface area contributed by atoms with Gasteiger partial charge in [0.05, 0.1) is 0 Å². The molecule has 1 heteroatoms. The van der Waals surface area contributed by atoms with Crippen LogP contribution in [0.5, 0.6) is 0 Å². The van der Waals surface area contributed by atoms with Gasteiger partial charge in [0.2, 0.25) is 0 Å². The van der Waals surface area contributed by atoms with E-state index in [0.29, 0.717) is 0 Å². The molecule has 1 unspecified atom stereocenters. The Hall–Kier alpha value is -0.330. The van der Waals surface area contributed by atoms with Crippen molar-refractivity contribution in [2.24, 2.45) is 29.1 Å². The highest BCUT2D eigenvalue weighted by atomic mass is 16.1. The van der Waals surface area contributed by atoms with Crippen molar-refractivity contribution < 1.29 is 4.79 Å². The van der Waals surface area contributed by atoms with Crippen LogP contribution in [0.25, 0.3) is 0 Å². The van der Waals surface area contributed by atoms with E-state index in [1.807, 2.05) is 0 Å². The van der Waals surface area contributed by atoms with Gasteiger partial charge in [0.15, 0.2) is 0 Å². The van der Waals surface area contributed by atoms with E-state index in [-0.39, 0.29) is 0 Å². The number of hydrogen-bond acceptors (Lipinski definition) is 1. The average Bonchev–Trinajstić information content (AvgIpc) is 3.19. The summed E-state index contributed by atoms with van der Waals surface area (Å²) in [7, 11) is 0. The van der Waals surface area contributed by atoms with E-state index in [1.165, 1.54) is 64.7 Å². The van der Waals surface area contributed by atoms with E-state index in [4.69, 9.17) is 4.79 Å². The van der Waals surface area contributed by atoms with Gasteiger partial charge in [-0.15, -0.1) is 0 Å². The van der Waals surface area contributed by atoms with Gasteiger partial charge in [0.1, 0.15) is 6.29 Å². The van der Waals surface area contributed by atoms with E-state index in [9.17, 15) is 0 Å². The predicted molar refractivity (Wildman–Crippen MR) is 92.4 cm³/mol. The zero-order valence-electron chi connectivity index (χ0n) is 15.2. The molecule has 3 aliphatic carbocycles. The number of aldehydes is 1. The van der Waals surface area contributed by atoms with Crippen LogP contribution in [-0.2, 0) is 4.79 Å². The highest BCUT2D eigenvalue weighted by Gasteiger charge is 2.47. The zero-order valence-corrected chi connectivity index (χ0v) is 15.2. The molecule has 0 heterocycles. The minimum Gasteiger partial charge on any atom is -0.304 e. The fourth-order valence-electron chi connectivity index (χ4n) is 4.64. The predicted octanol–water partition coefficient (Wildman–Crippen LogP) is 6.26. The second-order valence-corrected chi connectivity index (χ2v) is 7.93. The molecule has 124 valence electrons. The Morgan fingerprint density at radius 1 is 1.10 bits per heavy atom. The van der Waals surface area contributed by atoms with E-state index < -0.39 is 0 Å². The number of hydrogen-bond donors (Lipinski definition) is 0. The molecule has 0 aromatic heterocycles. The van der Waals surface area contributed by atoms with Gasteiger partial charge in [0.25, 0.3) is 0 Å². The third kappa shape index (κ3) is 5.42. The van der Waals surface area contributed by atoms with Gasteiger partial charge < -0.3 is 4.79 Å². The standard InChI is InChI=1S/C12H22.C6H12.C2H4O/c1-9-5-4-8-12(3)10(2)6-7-11(9)12;1-2-3-6-4-5-6;1-2-3/h9-11H,4-8H2,1-3H3;6H,2-5H2,1H3;2H,1H3/t9-,10-,11?,12+;;/m0../s1. The minimum atomic E-state index is 0.720. The largest absolute Gasteiger partial charge is 0.304 e. The average molecular weight is 295 g/mol. The molecule has 3 fully saturated rings. The second-order valence-electron chi connectivity index (χ2n) is 7.93. The molecule has 0 radical (unpaired) electrons. The Balaban J connectivity index is 0.000000205. The van der Waals surface area contributed by atoms with Crippen molar-refractivity contribution >= 4 is 6.29 Å². The van der Waals surface area contributed by atoms with Crippen LogP contribution >= 0.6 is 0 Å². The summed E-state index contributed by atoms with van der Waals surface area (Å²) in [6.07, 6.45) is 14.2. The summed E-state index contributed by atoms with van der Waals surface area (Å²) < 4.78 is 0. The van der Waals surface area contributed by atoms with Crippen LogP contribution < -0.4 is 0 Å². The van der Waals surface area contributed by atoms with Crippen LogP contribution in [0.15, 0.2) is 0 Å². The molecule has 1 nitrogen and oxygen atoms in total. The van der Waals surface area contributed by atoms with Crippen molar-refractivity contribution in [3.8, 4) is 0 Å². The topological polar surface area (TPSA) is 17.1 Å². The van der Waals surface area contributed by atoms with E-state index >= 15 is 0 Å². The van der Waals surface area contributed by atoms with Crippen LogP contribution in [-0.4, -0.2) is 6.29 Å². The van der Waals surface area contributed by atoms with Crippen molar-refractivity contribution in [2.75, 3.05) is 0 Å². The van der Waals surface area contributed by atoms with Gasteiger partial charge in [0, 0.05) is 0 Å². The fraction of sp³-hybridized carbons (Fsp3) is 0.950. The lowest BCUT2D eigenvalue weighted by molar-refractivity contribution is -0.106. The monoisotopic (exact) mass is 294 g/mol. The summed E-state index contributed by atoms with van der Waals surface area (Å²) in [5.74, 6) is 4.20. The summed E-state index contributed by atoms with van der Waals surface area (Å²) in [6.45, 7) is 11.2. The Morgan fingerprint density at radius 2 is 1.71 bits per heavy atom. The molecule has 0 aromatic carbocycles. The number of carbonyl (C=O) groups excluding carboxylic acids is 1. The summed E-state index contributed by atoms with van der Waals surface area (Å²) in [6, 6.07) is 0. The van der Waals surface area contributed by atoms with E-state index in [0.717, 1.165) is 35.4 Å². The number of fused-ring (bicyclic) bond motifs is 1. The molecule has 0 aliphatic heterocycles. The highest BCUT2D eigenvalue weighted by molar-refractivity contribution is 5.44. The maximum Gasteiger partial charge on any atom is 0.116 e. The first-order valence-electron chi connectivity index (χ1n) is 9.39. The van der Waals surface area contributed by atoms with Gasteiger partial charge in [-0.05, 0) is 55.3 Å². The molecule has 4 atom stereocenters. The van der Waals surface area contributed by atoms with Crippen molar-refractivity contribution in [3.05, 3.63) is 0 Å². The van der Waals surface area contributed by atoms with Gasteiger partial charge in [-0.2, -0.15) is 0 Å². The fourth-order valence-corrected chi connectivity index (χ4v) is 4.64. The third-order valence-electron chi connectivity index (χ3n) is 6.34. The summed E-state index contributed by atoms with van der Waals surface area (Å²) >= 11 is 0. The van der Waals surface area contributed by atoms with Crippen LogP contribution in [0.4, 0.5) is 0 Å². The Bertz CT molecular complexity index is 294. The molecule has 0 bridgehead atoms. The first kappa shape index (κ1) is 18.7. The van der Waals surface area contributed by atoms with Gasteiger partial charge in [-0.1, -0.05) is 66.2 Å². The zero-order chi connectivity index (χ0) is 15.9. The first-order valence-corrected chi connectivity index (χ1v) is 9.39. The normalized spacial score (nSPS) is 37.5. The third-order valence-corrected chi connectivity index (χ3v) is 6.34. The Morgan fingerprint density at radius 3 is 2.14 bits per heavy atom. The van der Waals surface area contributed by atoms with Crippen LogP contribution in [0.1, 0.15) is 92.4 Å². The molecular formula is C20H38O. The quantitative estimate of drug-likeness (QED) is 0.549. The second kappa shape index (κ2) is 8.96. The summed E-state index contributed by atoms with van der Waals surface area (Å²) in [5, 5.41) is 0. The smallest absolute Gasteiger partial charge is 0.116 e. The van der Waals surface area contributed by atoms with Crippen LogP contribution in [0.2, 0.25) is 0 Å². The lowest BCUT2D eigenvalue weighted by atomic mass is 9.62. The van der Waals surface area contributed by atoms with Crippen molar-refractivity contribution in [2.45, 2.75) is 92.4 Å². The van der Waals surface area contributed by atoms with Crippen molar-refractivity contribution in [1.82, 2.24) is 0 Å². The lowest BCUT2D eigenvalue weighted by Crippen LogP contribution is -2.34. The van der Waals surface area contributed by atoms with Gasteiger partial charge in [-0.3, -0.25) is 0 Å². The molecule has 0 amide bonds.